The summed E-state index contributed by atoms with van der Waals surface area (Å²) in [6, 6.07) is 0. The average molecular weight is 287 g/mol. The maximum Gasteiger partial charge on any atom is 0.407 e. The van der Waals surface area contributed by atoms with Crippen molar-refractivity contribution in [3.8, 4) is 0 Å². The van der Waals surface area contributed by atoms with Crippen molar-refractivity contribution in [3.63, 3.8) is 0 Å². The van der Waals surface area contributed by atoms with Crippen LogP contribution in [-0.4, -0.2) is 34.8 Å². The van der Waals surface area contributed by atoms with Crippen LogP contribution in [0, 0.1) is 0 Å². The molecule has 106 valence electrons. The van der Waals surface area contributed by atoms with Gasteiger partial charge in [0.2, 0.25) is 0 Å². The zero-order valence-electron chi connectivity index (χ0n) is 11.4. The summed E-state index contributed by atoms with van der Waals surface area (Å²) in [7, 11) is 0. The summed E-state index contributed by atoms with van der Waals surface area (Å²) in [6.07, 6.45) is 3.40. The number of ether oxygens (including phenoxy) is 1. The predicted octanol–water partition coefficient (Wildman–Crippen LogP) is 2.46. The predicted molar refractivity (Wildman–Crippen MR) is 74.4 cm³/mol. The van der Waals surface area contributed by atoms with Crippen LogP contribution < -0.4 is 10.6 Å². The van der Waals surface area contributed by atoms with E-state index in [1.165, 1.54) is 6.20 Å². The van der Waals surface area contributed by atoms with E-state index in [2.05, 4.69) is 20.6 Å². The molecule has 7 heteroatoms. The second kappa shape index (κ2) is 7.13. The maximum atomic E-state index is 11.3. The van der Waals surface area contributed by atoms with Crippen molar-refractivity contribution in [2.75, 3.05) is 18.4 Å². The van der Waals surface area contributed by atoms with E-state index in [9.17, 15) is 4.79 Å². The molecule has 0 saturated carbocycles. The number of rotatable bonds is 5. The van der Waals surface area contributed by atoms with Crippen LogP contribution in [-0.2, 0) is 4.74 Å². The summed E-state index contributed by atoms with van der Waals surface area (Å²) in [5, 5.41) is 6.04. The highest BCUT2D eigenvalue weighted by molar-refractivity contribution is 6.31. The molecule has 1 aromatic rings. The van der Waals surface area contributed by atoms with Crippen molar-refractivity contribution >= 4 is 23.5 Å². The summed E-state index contributed by atoms with van der Waals surface area (Å²) in [6.45, 7) is 6.62. The smallest absolute Gasteiger partial charge is 0.407 e. The van der Waals surface area contributed by atoms with Crippen LogP contribution in [0.15, 0.2) is 12.4 Å². The number of carbonyl (C=O) groups excluding carboxylic acids is 1. The lowest BCUT2D eigenvalue weighted by Gasteiger charge is -2.19. The van der Waals surface area contributed by atoms with E-state index in [1.807, 2.05) is 20.8 Å². The van der Waals surface area contributed by atoms with Gasteiger partial charge in [-0.3, -0.25) is 0 Å². The number of halogens is 1. The fraction of sp³-hybridized carbons (Fsp3) is 0.583. The van der Waals surface area contributed by atoms with Crippen LogP contribution in [0.3, 0.4) is 0 Å². The van der Waals surface area contributed by atoms with E-state index in [0.717, 1.165) is 6.42 Å². The Morgan fingerprint density at radius 1 is 1.32 bits per heavy atom. The molecule has 0 radical (unpaired) electrons. The van der Waals surface area contributed by atoms with Crippen molar-refractivity contribution < 1.29 is 9.53 Å². The minimum Gasteiger partial charge on any atom is -0.444 e. The highest BCUT2D eigenvalue weighted by Gasteiger charge is 2.15. The third kappa shape index (κ3) is 6.81. The van der Waals surface area contributed by atoms with Crippen LogP contribution in [0.2, 0.25) is 5.15 Å². The van der Waals surface area contributed by atoms with Gasteiger partial charge in [-0.15, -0.1) is 0 Å². The Balaban J connectivity index is 2.15. The van der Waals surface area contributed by atoms with E-state index >= 15 is 0 Å². The lowest BCUT2D eigenvalue weighted by atomic mass is 10.2. The molecule has 0 saturated heterocycles. The largest absolute Gasteiger partial charge is 0.444 e. The average Bonchev–Trinajstić information content (AvgIpc) is 2.28. The molecule has 1 aromatic heterocycles. The molecule has 0 aliphatic rings. The fourth-order valence-electron chi connectivity index (χ4n) is 1.24. The monoisotopic (exact) mass is 286 g/mol. The summed E-state index contributed by atoms with van der Waals surface area (Å²) in [5.74, 6) is 0.543. The zero-order chi connectivity index (χ0) is 14.3. The van der Waals surface area contributed by atoms with Crippen LogP contribution >= 0.6 is 11.6 Å². The number of hydrogen-bond acceptors (Lipinski definition) is 5. The molecule has 0 aliphatic carbocycles. The quantitative estimate of drug-likeness (QED) is 0.813. The van der Waals surface area contributed by atoms with Crippen molar-refractivity contribution in [2.24, 2.45) is 0 Å². The number of carbonyl (C=O) groups is 1. The molecule has 0 spiro atoms. The highest BCUT2D eigenvalue weighted by atomic mass is 35.5. The van der Waals surface area contributed by atoms with Gasteiger partial charge in [-0.1, -0.05) is 11.6 Å². The van der Waals surface area contributed by atoms with Crippen molar-refractivity contribution in [1.29, 1.82) is 0 Å². The zero-order valence-corrected chi connectivity index (χ0v) is 12.1. The summed E-state index contributed by atoms with van der Waals surface area (Å²) < 4.78 is 5.11. The number of nitrogens with zero attached hydrogens (tertiary/aromatic N) is 2. The number of alkyl carbamates (subject to hydrolysis) is 1. The van der Waals surface area contributed by atoms with Gasteiger partial charge in [0.25, 0.3) is 0 Å². The fourth-order valence-corrected chi connectivity index (χ4v) is 1.41. The Morgan fingerprint density at radius 3 is 2.63 bits per heavy atom. The van der Waals surface area contributed by atoms with E-state index in [0.29, 0.717) is 24.1 Å². The second-order valence-electron chi connectivity index (χ2n) is 4.90. The van der Waals surface area contributed by atoms with E-state index in [4.69, 9.17) is 16.3 Å². The third-order valence-electron chi connectivity index (χ3n) is 1.97. The molecule has 19 heavy (non-hydrogen) atoms. The Labute approximate surface area is 117 Å². The van der Waals surface area contributed by atoms with Gasteiger partial charge in [0.15, 0.2) is 11.0 Å². The topological polar surface area (TPSA) is 76.1 Å². The van der Waals surface area contributed by atoms with Gasteiger partial charge in [0.1, 0.15) is 5.60 Å². The van der Waals surface area contributed by atoms with Crippen molar-refractivity contribution in [3.05, 3.63) is 17.5 Å². The van der Waals surface area contributed by atoms with Crippen LogP contribution in [0.4, 0.5) is 10.6 Å². The van der Waals surface area contributed by atoms with Crippen LogP contribution in [0.25, 0.3) is 0 Å². The molecule has 1 rings (SSSR count). The normalized spacial score (nSPS) is 10.9. The minimum atomic E-state index is -0.477. The van der Waals surface area contributed by atoms with Gasteiger partial charge < -0.3 is 15.4 Å². The van der Waals surface area contributed by atoms with Gasteiger partial charge in [-0.25, -0.2) is 14.8 Å². The minimum absolute atomic E-state index is 0.336. The molecule has 0 fully saturated rings. The molecular formula is C12H19ClN4O2. The Kier molecular flexibility index (Phi) is 5.82. The third-order valence-corrected chi connectivity index (χ3v) is 2.24. The Hall–Kier alpha value is -1.56. The van der Waals surface area contributed by atoms with Gasteiger partial charge in [-0.05, 0) is 27.2 Å². The molecular weight excluding hydrogens is 268 g/mol. The van der Waals surface area contributed by atoms with Gasteiger partial charge in [0, 0.05) is 25.5 Å². The highest BCUT2D eigenvalue weighted by Crippen LogP contribution is 2.13. The molecule has 0 aromatic carbocycles. The number of aromatic nitrogens is 2. The summed E-state index contributed by atoms with van der Waals surface area (Å²) >= 11 is 5.83. The molecule has 6 nitrogen and oxygen atoms in total. The van der Waals surface area contributed by atoms with E-state index in [-0.39, 0.29) is 0 Å². The Morgan fingerprint density at radius 2 is 2.00 bits per heavy atom. The first-order valence-corrected chi connectivity index (χ1v) is 6.43. The van der Waals surface area contributed by atoms with Crippen molar-refractivity contribution in [1.82, 2.24) is 15.3 Å². The summed E-state index contributed by atoms with van der Waals surface area (Å²) in [5.41, 5.74) is -0.477. The van der Waals surface area contributed by atoms with Crippen LogP contribution in [0.1, 0.15) is 27.2 Å². The van der Waals surface area contributed by atoms with Gasteiger partial charge >= 0.3 is 6.09 Å². The van der Waals surface area contributed by atoms with Gasteiger partial charge in [-0.2, -0.15) is 0 Å². The molecule has 0 unspecified atom stereocenters. The number of amides is 1. The van der Waals surface area contributed by atoms with Gasteiger partial charge in [0.05, 0.1) is 0 Å². The molecule has 1 heterocycles. The first-order valence-electron chi connectivity index (χ1n) is 6.06. The number of nitrogens with one attached hydrogen (secondary N) is 2. The molecule has 0 aliphatic heterocycles. The van der Waals surface area contributed by atoms with Crippen molar-refractivity contribution in [2.45, 2.75) is 32.8 Å². The lowest BCUT2D eigenvalue weighted by Crippen LogP contribution is -2.33. The number of anilines is 1. The van der Waals surface area contributed by atoms with E-state index < -0.39 is 11.7 Å². The second-order valence-corrected chi connectivity index (χ2v) is 5.26. The Bertz CT molecular complexity index is 420. The maximum absolute atomic E-state index is 11.3. The summed E-state index contributed by atoms with van der Waals surface area (Å²) in [4.78, 5) is 19.3. The molecule has 2 N–H and O–H groups in total. The standard InChI is InChI=1S/C12H19ClN4O2/c1-12(2,3)19-11(18)17-6-4-5-15-10-9(13)14-7-8-16-10/h7-8H,4-6H2,1-3H3,(H,15,16)(H,17,18). The van der Waals surface area contributed by atoms with Crippen LogP contribution in [0.5, 0.6) is 0 Å². The molecule has 1 amide bonds. The molecule has 0 bridgehead atoms. The first-order chi connectivity index (χ1) is 8.88. The molecule has 0 atom stereocenters. The lowest BCUT2D eigenvalue weighted by molar-refractivity contribution is 0.0528. The SMILES string of the molecule is CC(C)(C)OC(=O)NCCCNc1nccnc1Cl. The first kappa shape index (κ1) is 15.5. The van der Waals surface area contributed by atoms with E-state index in [1.54, 1.807) is 6.20 Å². The number of hydrogen-bond donors (Lipinski definition) is 2.